The highest BCUT2D eigenvalue weighted by molar-refractivity contribution is 5.38. The summed E-state index contributed by atoms with van der Waals surface area (Å²) in [4.78, 5) is 9.19. The molecule has 0 unspecified atom stereocenters. The first-order chi connectivity index (χ1) is 10.2. The SMILES string of the molecule is CN(c1ccccn1)C1CCN(Cc2nncn2C)CC1. The molecule has 0 spiro atoms. The third-order valence-corrected chi connectivity index (χ3v) is 4.29. The van der Waals surface area contributed by atoms with Crippen molar-refractivity contribution in [2.75, 3.05) is 25.0 Å². The van der Waals surface area contributed by atoms with Crippen LogP contribution in [0.2, 0.25) is 0 Å². The number of pyridine rings is 1. The summed E-state index contributed by atoms with van der Waals surface area (Å²) in [6.07, 6.45) is 5.93. The third kappa shape index (κ3) is 3.21. The van der Waals surface area contributed by atoms with E-state index < -0.39 is 0 Å². The van der Waals surface area contributed by atoms with Crippen molar-refractivity contribution in [3.05, 3.63) is 36.5 Å². The van der Waals surface area contributed by atoms with Crippen LogP contribution < -0.4 is 4.90 Å². The standard InChI is InChI=1S/C15H22N6/c1-19-12-17-18-15(19)11-21-9-6-13(7-10-21)20(2)14-5-3-4-8-16-14/h3-5,8,12-13H,6-7,9-11H2,1-2H3. The van der Waals surface area contributed by atoms with E-state index >= 15 is 0 Å². The zero-order valence-corrected chi connectivity index (χ0v) is 12.7. The Labute approximate surface area is 125 Å². The molecule has 0 aromatic carbocycles. The lowest BCUT2D eigenvalue weighted by molar-refractivity contribution is 0.197. The first kappa shape index (κ1) is 14.0. The van der Waals surface area contributed by atoms with Crippen LogP contribution in [-0.2, 0) is 13.6 Å². The lowest BCUT2D eigenvalue weighted by Gasteiger charge is -2.37. The molecule has 0 bridgehead atoms. The van der Waals surface area contributed by atoms with Gasteiger partial charge in [-0.1, -0.05) is 6.07 Å². The fraction of sp³-hybridized carbons (Fsp3) is 0.533. The number of nitrogens with zero attached hydrogens (tertiary/aromatic N) is 6. The molecule has 2 aromatic rings. The van der Waals surface area contributed by atoms with Gasteiger partial charge >= 0.3 is 0 Å². The first-order valence-corrected chi connectivity index (χ1v) is 7.43. The fourth-order valence-electron chi connectivity index (χ4n) is 2.86. The van der Waals surface area contributed by atoms with E-state index in [0.29, 0.717) is 6.04 Å². The minimum atomic E-state index is 0.565. The third-order valence-electron chi connectivity index (χ3n) is 4.29. The van der Waals surface area contributed by atoms with Gasteiger partial charge < -0.3 is 9.47 Å². The Balaban J connectivity index is 1.54. The summed E-state index contributed by atoms with van der Waals surface area (Å²) in [5.41, 5.74) is 0. The highest BCUT2D eigenvalue weighted by Crippen LogP contribution is 2.20. The number of hydrogen-bond acceptors (Lipinski definition) is 5. The minimum absolute atomic E-state index is 0.565. The molecule has 6 heteroatoms. The second-order valence-corrected chi connectivity index (χ2v) is 5.66. The Morgan fingerprint density at radius 1 is 1.29 bits per heavy atom. The van der Waals surface area contributed by atoms with Crippen molar-refractivity contribution in [1.82, 2.24) is 24.6 Å². The highest BCUT2D eigenvalue weighted by Gasteiger charge is 2.23. The Bertz CT molecular complexity index is 559. The van der Waals surface area contributed by atoms with Crippen LogP contribution in [0.3, 0.4) is 0 Å². The van der Waals surface area contributed by atoms with Gasteiger partial charge in [0.15, 0.2) is 0 Å². The first-order valence-electron chi connectivity index (χ1n) is 7.43. The normalized spacial score (nSPS) is 17.0. The maximum absolute atomic E-state index is 4.44. The molecule has 3 heterocycles. The smallest absolute Gasteiger partial charge is 0.146 e. The molecule has 6 nitrogen and oxygen atoms in total. The van der Waals surface area contributed by atoms with Crippen LogP contribution in [0.15, 0.2) is 30.7 Å². The van der Waals surface area contributed by atoms with E-state index in [1.807, 2.05) is 29.9 Å². The molecule has 0 aliphatic carbocycles. The molecule has 2 aromatic heterocycles. The topological polar surface area (TPSA) is 50.1 Å². The van der Waals surface area contributed by atoms with Gasteiger partial charge in [-0.3, -0.25) is 4.90 Å². The van der Waals surface area contributed by atoms with E-state index in [2.05, 4.69) is 38.1 Å². The largest absolute Gasteiger partial charge is 0.357 e. The number of anilines is 1. The molecule has 0 radical (unpaired) electrons. The van der Waals surface area contributed by atoms with Crippen molar-refractivity contribution >= 4 is 5.82 Å². The molecule has 21 heavy (non-hydrogen) atoms. The second kappa shape index (κ2) is 6.22. The molecule has 1 aliphatic heterocycles. The number of likely N-dealkylation sites (tertiary alicyclic amines) is 1. The Kier molecular flexibility index (Phi) is 4.15. The van der Waals surface area contributed by atoms with Gasteiger partial charge in [-0.15, -0.1) is 10.2 Å². The molecule has 0 N–H and O–H groups in total. The van der Waals surface area contributed by atoms with Crippen LogP contribution in [0.1, 0.15) is 18.7 Å². The average molecular weight is 286 g/mol. The van der Waals surface area contributed by atoms with Crippen LogP contribution in [0, 0.1) is 0 Å². The Hall–Kier alpha value is -1.95. The lowest BCUT2D eigenvalue weighted by Crippen LogP contribution is -2.43. The second-order valence-electron chi connectivity index (χ2n) is 5.66. The summed E-state index contributed by atoms with van der Waals surface area (Å²) in [5, 5.41) is 8.10. The summed E-state index contributed by atoms with van der Waals surface area (Å²) < 4.78 is 1.99. The fourth-order valence-corrected chi connectivity index (χ4v) is 2.86. The van der Waals surface area contributed by atoms with Gasteiger partial charge in [0.1, 0.15) is 18.0 Å². The van der Waals surface area contributed by atoms with Crippen LogP contribution in [-0.4, -0.2) is 50.8 Å². The Morgan fingerprint density at radius 3 is 2.71 bits per heavy atom. The van der Waals surface area contributed by atoms with Crippen molar-refractivity contribution < 1.29 is 0 Å². The van der Waals surface area contributed by atoms with Gasteiger partial charge in [0, 0.05) is 39.4 Å². The van der Waals surface area contributed by atoms with Gasteiger partial charge in [0.05, 0.1) is 6.54 Å². The maximum Gasteiger partial charge on any atom is 0.146 e. The van der Waals surface area contributed by atoms with Crippen LogP contribution >= 0.6 is 0 Å². The monoisotopic (exact) mass is 286 g/mol. The molecule has 1 saturated heterocycles. The molecule has 112 valence electrons. The van der Waals surface area contributed by atoms with Gasteiger partial charge in [0.2, 0.25) is 0 Å². The Morgan fingerprint density at radius 2 is 2.10 bits per heavy atom. The zero-order valence-electron chi connectivity index (χ0n) is 12.7. The van der Waals surface area contributed by atoms with E-state index in [0.717, 1.165) is 44.1 Å². The molecule has 1 aliphatic rings. The van der Waals surface area contributed by atoms with Gasteiger partial charge in [-0.05, 0) is 25.0 Å². The quantitative estimate of drug-likeness (QED) is 0.848. The molecular weight excluding hydrogens is 264 g/mol. The van der Waals surface area contributed by atoms with Gasteiger partial charge in [-0.2, -0.15) is 0 Å². The molecule has 0 atom stereocenters. The molecule has 1 fully saturated rings. The zero-order chi connectivity index (χ0) is 14.7. The van der Waals surface area contributed by atoms with E-state index in [1.165, 1.54) is 0 Å². The number of rotatable bonds is 4. The predicted octanol–water partition coefficient (Wildman–Crippen LogP) is 1.31. The lowest BCUT2D eigenvalue weighted by atomic mass is 10.0. The maximum atomic E-state index is 4.44. The summed E-state index contributed by atoms with van der Waals surface area (Å²) in [5.74, 6) is 2.09. The van der Waals surface area contributed by atoms with Crippen molar-refractivity contribution in [3.8, 4) is 0 Å². The number of piperidine rings is 1. The molecular formula is C15H22N6. The van der Waals surface area contributed by atoms with Gasteiger partial charge in [-0.25, -0.2) is 4.98 Å². The molecule has 0 saturated carbocycles. The highest BCUT2D eigenvalue weighted by atomic mass is 15.3. The van der Waals surface area contributed by atoms with Crippen molar-refractivity contribution in [2.24, 2.45) is 7.05 Å². The van der Waals surface area contributed by atoms with Crippen molar-refractivity contribution in [1.29, 1.82) is 0 Å². The summed E-state index contributed by atoms with van der Waals surface area (Å²) >= 11 is 0. The molecule has 0 amide bonds. The summed E-state index contributed by atoms with van der Waals surface area (Å²) in [7, 11) is 4.14. The average Bonchev–Trinajstić information content (AvgIpc) is 2.93. The number of hydrogen-bond donors (Lipinski definition) is 0. The summed E-state index contributed by atoms with van der Waals surface area (Å²) in [6, 6.07) is 6.64. The van der Waals surface area contributed by atoms with E-state index in [9.17, 15) is 0 Å². The van der Waals surface area contributed by atoms with Crippen molar-refractivity contribution in [3.63, 3.8) is 0 Å². The van der Waals surface area contributed by atoms with Crippen LogP contribution in [0.5, 0.6) is 0 Å². The van der Waals surface area contributed by atoms with Gasteiger partial charge in [0.25, 0.3) is 0 Å². The minimum Gasteiger partial charge on any atom is -0.357 e. The van der Waals surface area contributed by atoms with Crippen LogP contribution in [0.4, 0.5) is 5.82 Å². The number of aryl methyl sites for hydroxylation is 1. The van der Waals surface area contributed by atoms with Crippen LogP contribution in [0.25, 0.3) is 0 Å². The summed E-state index contributed by atoms with van der Waals surface area (Å²) in [6.45, 7) is 3.07. The van der Waals surface area contributed by atoms with Crippen molar-refractivity contribution in [2.45, 2.75) is 25.4 Å². The number of aromatic nitrogens is 4. The van der Waals surface area contributed by atoms with E-state index in [1.54, 1.807) is 6.33 Å². The predicted molar refractivity (Wildman–Crippen MR) is 81.9 cm³/mol. The molecule has 3 rings (SSSR count). The van der Waals surface area contributed by atoms with E-state index in [4.69, 9.17) is 0 Å². The van der Waals surface area contributed by atoms with E-state index in [-0.39, 0.29) is 0 Å².